The molecule has 1 fully saturated rings. The van der Waals surface area contributed by atoms with Gasteiger partial charge in [-0.3, -0.25) is 14.5 Å². The van der Waals surface area contributed by atoms with Gasteiger partial charge >= 0.3 is 0 Å². The van der Waals surface area contributed by atoms with Crippen LogP contribution in [0, 0.1) is 12.3 Å². The minimum absolute atomic E-state index is 0.0170. The topological polar surface area (TPSA) is 40.6 Å². The molecule has 0 aliphatic carbocycles. The molecule has 6 heteroatoms. The fraction of sp³-hybridized carbons (Fsp3) is 0.400. The van der Waals surface area contributed by atoms with E-state index in [0.29, 0.717) is 15.8 Å². The maximum atomic E-state index is 12.4. The van der Waals surface area contributed by atoms with Crippen molar-refractivity contribution in [3.05, 3.63) is 33.2 Å². The Hall–Kier alpha value is -1.90. The van der Waals surface area contributed by atoms with Crippen molar-refractivity contribution in [2.24, 2.45) is 0 Å². The zero-order chi connectivity index (χ0) is 19.2. The van der Waals surface area contributed by atoms with E-state index in [1.54, 1.807) is 6.08 Å². The zero-order valence-electron chi connectivity index (χ0n) is 15.3. The largest absolute Gasteiger partial charge is 0.369 e. The van der Waals surface area contributed by atoms with E-state index in [9.17, 15) is 9.59 Å². The fourth-order valence-electron chi connectivity index (χ4n) is 3.58. The Kier molecular flexibility index (Phi) is 4.85. The lowest BCUT2D eigenvalue weighted by Crippen LogP contribution is -2.45. The van der Waals surface area contributed by atoms with Crippen molar-refractivity contribution in [3.63, 3.8) is 0 Å². The molecule has 1 aromatic rings. The molecule has 1 saturated heterocycles. The number of benzene rings is 1. The van der Waals surface area contributed by atoms with Crippen molar-refractivity contribution >= 4 is 46.3 Å². The molecular weight excluding hydrogens is 368 g/mol. The summed E-state index contributed by atoms with van der Waals surface area (Å²) in [5.74, 6) is 2.35. The molecule has 4 nitrogen and oxygen atoms in total. The molecule has 0 bridgehead atoms. The predicted molar refractivity (Wildman–Crippen MR) is 108 cm³/mol. The second-order valence-electron chi connectivity index (χ2n) is 7.38. The van der Waals surface area contributed by atoms with Crippen molar-refractivity contribution < 1.29 is 9.59 Å². The van der Waals surface area contributed by atoms with E-state index in [1.165, 1.54) is 5.56 Å². The second kappa shape index (κ2) is 6.68. The number of carbonyl (C=O) groups is 2. The highest BCUT2D eigenvalue weighted by Crippen LogP contribution is 2.45. The smallest absolute Gasteiger partial charge is 0.294 e. The molecule has 3 rings (SSSR count). The molecular formula is C20H21ClN2O2S. The van der Waals surface area contributed by atoms with E-state index in [4.69, 9.17) is 18.0 Å². The number of rotatable bonds is 2. The number of thioether (sulfide) groups is 1. The summed E-state index contributed by atoms with van der Waals surface area (Å²) in [6, 6.07) is 3.98. The Balaban J connectivity index is 2.02. The van der Waals surface area contributed by atoms with Gasteiger partial charge in [-0.05, 0) is 67.3 Å². The number of nitrogens with zero attached hydrogens (tertiary/aromatic N) is 2. The quantitative estimate of drug-likeness (QED) is 0.542. The summed E-state index contributed by atoms with van der Waals surface area (Å²) in [5.41, 5.74) is 3.10. The first-order valence-electron chi connectivity index (χ1n) is 8.42. The highest BCUT2D eigenvalue weighted by atomic mass is 35.5. The number of terminal acetylenes is 1. The Bertz CT molecular complexity index is 869. The number of carbonyl (C=O) groups excluding carboxylic acids is 2. The van der Waals surface area contributed by atoms with Crippen LogP contribution in [0.4, 0.5) is 10.5 Å². The molecule has 136 valence electrons. The van der Waals surface area contributed by atoms with Gasteiger partial charge in [-0.2, -0.15) is 0 Å². The van der Waals surface area contributed by atoms with Crippen molar-refractivity contribution in [1.82, 2.24) is 4.90 Å². The Morgan fingerprint density at radius 3 is 2.77 bits per heavy atom. The summed E-state index contributed by atoms with van der Waals surface area (Å²) in [6.45, 7) is 6.62. The van der Waals surface area contributed by atoms with Gasteiger partial charge in [0.2, 0.25) is 0 Å². The van der Waals surface area contributed by atoms with Gasteiger partial charge in [-0.25, -0.2) is 0 Å². The van der Waals surface area contributed by atoms with Crippen LogP contribution >= 0.6 is 23.4 Å². The number of anilines is 1. The van der Waals surface area contributed by atoms with Crippen LogP contribution in [0.25, 0.3) is 6.08 Å². The van der Waals surface area contributed by atoms with Gasteiger partial charge < -0.3 is 4.90 Å². The third kappa shape index (κ3) is 3.13. The molecule has 1 unspecified atom stereocenters. The van der Waals surface area contributed by atoms with Crippen LogP contribution < -0.4 is 4.90 Å². The Morgan fingerprint density at radius 2 is 2.12 bits per heavy atom. The van der Waals surface area contributed by atoms with Crippen LogP contribution in [0.3, 0.4) is 0 Å². The lowest BCUT2D eigenvalue weighted by Gasteiger charge is -2.45. The molecule has 0 radical (unpaired) electrons. The first kappa shape index (κ1) is 18.9. The van der Waals surface area contributed by atoms with Gasteiger partial charge in [0.15, 0.2) is 0 Å². The minimum atomic E-state index is -0.363. The van der Waals surface area contributed by atoms with Gasteiger partial charge in [0.05, 0.1) is 11.4 Å². The summed E-state index contributed by atoms with van der Waals surface area (Å²) >= 11 is 7.40. The molecule has 2 heterocycles. The molecule has 2 aliphatic heterocycles. The van der Waals surface area contributed by atoms with Gasteiger partial charge in [0.25, 0.3) is 11.1 Å². The first-order chi connectivity index (χ1) is 12.2. The molecule has 0 spiro atoms. The average Bonchev–Trinajstić information content (AvgIpc) is 2.82. The van der Waals surface area contributed by atoms with Crippen LogP contribution in [-0.2, 0) is 4.79 Å². The van der Waals surface area contributed by atoms with Crippen molar-refractivity contribution in [3.8, 4) is 12.3 Å². The number of hydrogen-bond donors (Lipinski definition) is 0. The second-order valence-corrected chi connectivity index (χ2v) is 8.78. The van der Waals surface area contributed by atoms with Gasteiger partial charge in [0, 0.05) is 23.3 Å². The number of fused-ring (bicyclic) bond motifs is 1. The lowest BCUT2D eigenvalue weighted by atomic mass is 9.80. The number of imide groups is 1. The molecule has 0 N–H and O–H groups in total. The Labute approximate surface area is 163 Å². The molecule has 1 atom stereocenters. The molecule has 26 heavy (non-hydrogen) atoms. The molecule has 2 aliphatic rings. The fourth-order valence-corrected chi connectivity index (χ4v) is 4.63. The van der Waals surface area contributed by atoms with Crippen LogP contribution in [0.15, 0.2) is 17.0 Å². The van der Waals surface area contributed by atoms with Crippen LogP contribution in [-0.4, -0.2) is 35.2 Å². The normalized spacial score (nSPS) is 23.4. The lowest BCUT2D eigenvalue weighted by molar-refractivity contribution is -0.122. The molecule has 2 amide bonds. The van der Waals surface area contributed by atoms with Crippen LogP contribution in [0.2, 0.25) is 5.02 Å². The van der Waals surface area contributed by atoms with E-state index in [-0.39, 0.29) is 23.2 Å². The Morgan fingerprint density at radius 1 is 1.42 bits per heavy atom. The van der Waals surface area contributed by atoms with Crippen molar-refractivity contribution in [2.75, 3.05) is 18.5 Å². The molecule has 0 saturated carbocycles. The van der Waals surface area contributed by atoms with Gasteiger partial charge in [0.1, 0.15) is 0 Å². The van der Waals surface area contributed by atoms with Crippen LogP contribution in [0.5, 0.6) is 0 Å². The summed E-state index contributed by atoms with van der Waals surface area (Å²) in [5, 5.41) is 0.215. The monoisotopic (exact) mass is 388 g/mol. The summed E-state index contributed by atoms with van der Waals surface area (Å²) < 4.78 is 0. The molecule has 1 aromatic carbocycles. The third-order valence-electron chi connectivity index (χ3n) is 5.16. The highest BCUT2D eigenvalue weighted by molar-refractivity contribution is 8.18. The zero-order valence-corrected chi connectivity index (χ0v) is 16.9. The van der Waals surface area contributed by atoms with Crippen molar-refractivity contribution in [2.45, 2.75) is 38.6 Å². The van der Waals surface area contributed by atoms with E-state index in [2.05, 4.69) is 38.6 Å². The predicted octanol–water partition coefficient (Wildman–Crippen LogP) is 4.73. The first-order valence-corrected chi connectivity index (χ1v) is 9.61. The van der Waals surface area contributed by atoms with E-state index in [0.717, 1.165) is 34.3 Å². The third-order valence-corrected chi connectivity index (χ3v) is 6.40. The maximum absolute atomic E-state index is 12.4. The van der Waals surface area contributed by atoms with Crippen LogP contribution in [0.1, 0.15) is 44.2 Å². The number of hydrogen-bond acceptors (Lipinski definition) is 4. The summed E-state index contributed by atoms with van der Waals surface area (Å²) in [4.78, 5) is 28.0. The SMILES string of the molecule is C#CCN1C(=O)S/C(=C\c2cc3c(cc2Cl)N(C)C(C)(C)CC3C)C1=O. The maximum Gasteiger partial charge on any atom is 0.294 e. The van der Waals surface area contributed by atoms with E-state index < -0.39 is 0 Å². The number of amides is 2. The molecule has 0 aromatic heterocycles. The highest BCUT2D eigenvalue weighted by Gasteiger charge is 2.36. The minimum Gasteiger partial charge on any atom is -0.369 e. The van der Waals surface area contributed by atoms with Gasteiger partial charge in [-0.15, -0.1) is 6.42 Å². The van der Waals surface area contributed by atoms with Crippen molar-refractivity contribution in [1.29, 1.82) is 0 Å². The summed E-state index contributed by atoms with van der Waals surface area (Å²) in [6.07, 6.45) is 7.95. The van der Waals surface area contributed by atoms with E-state index in [1.807, 2.05) is 12.1 Å². The number of halogens is 1. The van der Waals surface area contributed by atoms with E-state index >= 15 is 0 Å². The standard InChI is InChI=1S/C20H21ClN2O2S/c1-6-7-23-18(24)17(26-19(23)25)9-13-8-14-12(2)11-20(3,4)22(5)16(14)10-15(13)21/h1,8-10,12H,7,11H2,2-5H3/b17-9-. The van der Waals surface area contributed by atoms with Gasteiger partial charge in [-0.1, -0.05) is 24.4 Å². The summed E-state index contributed by atoms with van der Waals surface area (Å²) in [7, 11) is 2.08. The average molecular weight is 389 g/mol.